The number of ether oxygens (including phenoxy) is 1. The Bertz CT molecular complexity index is 923. The number of benzene rings is 1. The lowest BCUT2D eigenvalue weighted by molar-refractivity contribution is 0.0755. The summed E-state index contributed by atoms with van der Waals surface area (Å²) in [6.07, 6.45) is 3.45. The van der Waals surface area contributed by atoms with Gasteiger partial charge in [-0.1, -0.05) is 6.07 Å². The molecule has 0 N–H and O–H groups in total. The van der Waals surface area contributed by atoms with Crippen LogP contribution in [0.2, 0.25) is 0 Å². The zero-order valence-electron chi connectivity index (χ0n) is 15.5. The van der Waals surface area contributed by atoms with Crippen LogP contribution in [0.3, 0.4) is 0 Å². The second kappa shape index (κ2) is 7.95. The Kier molecular flexibility index (Phi) is 5.22. The minimum atomic E-state index is -0.433. The lowest BCUT2D eigenvalue weighted by Gasteiger charge is -2.21. The SMILES string of the molecule is N#Cc1nc(C(=O)N2CCCN(C3CC3)CC2)ccc1Oc1cccc(F)c1. The molecular weight excluding hydrogens is 359 g/mol. The van der Waals surface area contributed by atoms with Gasteiger partial charge in [0.25, 0.3) is 5.91 Å². The maximum absolute atomic E-state index is 13.3. The van der Waals surface area contributed by atoms with E-state index in [2.05, 4.69) is 9.88 Å². The standard InChI is InChI=1S/C21H21FN4O2/c22-15-3-1-4-17(13-15)28-20-8-7-18(24-19(20)14-23)21(27)26-10-2-9-25(11-12-26)16-5-6-16/h1,3-4,7-8,13,16H,2,5-6,9-12H2. The largest absolute Gasteiger partial charge is 0.454 e. The summed E-state index contributed by atoms with van der Waals surface area (Å²) in [4.78, 5) is 21.3. The first kappa shape index (κ1) is 18.4. The number of carbonyl (C=O) groups is 1. The summed E-state index contributed by atoms with van der Waals surface area (Å²) in [6, 6.07) is 11.4. The number of hydrogen-bond acceptors (Lipinski definition) is 5. The Morgan fingerprint density at radius 2 is 2.04 bits per heavy atom. The van der Waals surface area contributed by atoms with Crippen molar-refractivity contribution >= 4 is 5.91 Å². The van der Waals surface area contributed by atoms with E-state index in [0.717, 1.165) is 19.5 Å². The summed E-state index contributed by atoms with van der Waals surface area (Å²) in [7, 11) is 0. The van der Waals surface area contributed by atoms with Crippen LogP contribution < -0.4 is 4.74 Å². The smallest absolute Gasteiger partial charge is 0.272 e. The quantitative estimate of drug-likeness (QED) is 0.815. The van der Waals surface area contributed by atoms with Crippen LogP contribution >= 0.6 is 0 Å². The topological polar surface area (TPSA) is 69.5 Å². The number of nitrogens with zero attached hydrogens (tertiary/aromatic N) is 4. The van der Waals surface area contributed by atoms with Gasteiger partial charge in [0.2, 0.25) is 0 Å². The van der Waals surface area contributed by atoms with Gasteiger partial charge >= 0.3 is 0 Å². The number of hydrogen-bond donors (Lipinski definition) is 0. The molecule has 2 fully saturated rings. The Labute approximate surface area is 163 Å². The van der Waals surface area contributed by atoms with E-state index in [9.17, 15) is 14.4 Å². The molecule has 0 bridgehead atoms. The highest BCUT2D eigenvalue weighted by Gasteiger charge is 2.31. The molecule has 1 aliphatic carbocycles. The molecule has 0 unspecified atom stereocenters. The van der Waals surface area contributed by atoms with Gasteiger partial charge < -0.3 is 9.64 Å². The molecule has 1 saturated carbocycles. The van der Waals surface area contributed by atoms with Crippen molar-refractivity contribution in [1.29, 1.82) is 5.26 Å². The van der Waals surface area contributed by atoms with Crippen molar-refractivity contribution in [3.63, 3.8) is 0 Å². The van der Waals surface area contributed by atoms with Crippen LogP contribution in [0.1, 0.15) is 35.4 Å². The zero-order valence-corrected chi connectivity index (χ0v) is 15.5. The molecule has 1 amide bonds. The lowest BCUT2D eigenvalue weighted by atomic mass is 10.2. The second-order valence-corrected chi connectivity index (χ2v) is 7.13. The van der Waals surface area contributed by atoms with Gasteiger partial charge in [0.15, 0.2) is 11.4 Å². The summed E-state index contributed by atoms with van der Waals surface area (Å²) in [6.45, 7) is 3.25. The van der Waals surface area contributed by atoms with Crippen LogP contribution in [0.25, 0.3) is 0 Å². The van der Waals surface area contributed by atoms with Gasteiger partial charge in [-0.05, 0) is 43.5 Å². The van der Waals surface area contributed by atoms with Crippen molar-refractivity contribution in [2.24, 2.45) is 0 Å². The maximum Gasteiger partial charge on any atom is 0.272 e. The monoisotopic (exact) mass is 380 g/mol. The van der Waals surface area contributed by atoms with Gasteiger partial charge in [0, 0.05) is 38.3 Å². The van der Waals surface area contributed by atoms with Crippen LogP contribution in [0.4, 0.5) is 4.39 Å². The van der Waals surface area contributed by atoms with Gasteiger partial charge in [0.05, 0.1) is 0 Å². The van der Waals surface area contributed by atoms with E-state index in [1.807, 2.05) is 6.07 Å². The Hall–Kier alpha value is -2.98. The number of pyridine rings is 1. The fourth-order valence-electron chi connectivity index (χ4n) is 3.49. The van der Waals surface area contributed by atoms with Crippen molar-refractivity contribution in [2.45, 2.75) is 25.3 Å². The van der Waals surface area contributed by atoms with Gasteiger partial charge in [-0.3, -0.25) is 9.69 Å². The molecule has 144 valence electrons. The minimum absolute atomic E-state index is 0.00420. The molecule has 0 spiro atoms. The Balaban J connectivity index is 1.48. The van der Waals surface area contributed by atoms with Gasteiger partial charge in [-0.15, -0.1) is 0 Å². The molecular formula is C21H21FN4O2. The fraction of sp³-hybridized carbons (Fsp3) is 0.381. The fourth-order valence-corrected chi connectivity index (χ4v) is 3.49. The summed E-state index contributed by atoms with van der Waals surface area (Å²) >= 11 is 0. The summed E-state index contributed by atoms with van der Waals surface area (Å²) in [5, 5.41) is 9.42. The molecule has 7 heteroatoms. The van der Waals surface area contributed by atoms with E-state index >= 15 is 0 Å². The number of halogens is 1. The number of nitriles is 1. The summed E-state index contributed by atoms with van der Waals surface area (Å²) in [5.41, 5.74) is 0.229. The second-order valence-electron chi connectivity index (χ2n) is 7.13. The molecule has 1 aliphatic heterocycles. The third kappa shape index (κ3) is 4.12. The van der Waals surface area contributed by atoms with Gasteiger partial charge in [-0.2, -0.15) is 5.26 Å². The first-order valence-corrected chi connectivity index (χ1v) is 9.52. The van der Waals surface area contributed by atoms with Crippen molar-refractivity contribution < 1.29 is 13.9 Å². The van der Waals surface area contributed by atoms with Crippen molar-refractivity contribution in [2.75, 3.05) is 26.2 Å². The van der Waals surface area contributed by atoms with Crippen LogP contribution in [-0.4, -0.2) is 52.9 Å². The lowest BCUT2D eigenvalue weighted by Crippen LogP contribution is -2.36. The first-order valence-electron chi connectivity index (χ1n) is 9.52. The first-order chi connectivity index (χ1) is 13.6. The van der Waals surface area contributed by atoms with Gasteiger partial charge in [-0.25, -0.2) is 9.37 Å². The van der Waals surface area contributed by atoms with Crippen LogP contribution in [-0.2, 0) is 0 Å². The average molecular weight is 380 g/mol. The van der Waals surface area contributed by atoms with E-state index in [0.29, 0.717) is 19.1 Å². The molecule has 1 saturated heterocycles. The minimum Gasteiger partial charge on any atom is -0.454 e. The predicted molar refractivity (Wildman–Crippen MR) is 101 cm³/mol. The molecule has 6 nitrogen and oxygen atoms in total. The van der Waals surface area contributed by atoms with Crippen LogP contribution in [0.5, 0.6) is 11.5 Å². The number of amides is 1. The van der Waals surface area contributed by atoms with E-state index in [-0.39, 0.29) is 28.8 Å². The molecule has 4 rings (SSSR count). The molecule has 28 heavy (non-hydrogen) atoms. The molecule has 2 aliphatic rings. The number of aromatic nitrogens is 1. The molecule has 1 aromatic heterocycles. The Morgan fingerprint density at radius 3 is 2.79 bits per heavy atom. The summed E-state index contributed by atoms with van der Waals surface area (Å²) in [5.74, 6) is -0.144. The highest BCUT2D eigenvalue weighted by molar-refractivity contribution is 5.92. The molecule has 2 heterocycles. The molecule has 1 aromatic carbocycles. The predicted octanol–water partition coefficient (Wildman–Crippen LogP) is 3.19. The van der Waals surface area contributed by atoms with E-state index in [4.69, 9.17) is 4.74 Å². The zero-order chi connectivity index (χ0) is 19.5. The van der Waals surface area contributed by atoms with E-state index < -0.39 is 5.82 Å². The van der Waals surface area contributed by atoms with Gasteiger partial charge in [0.1, 0.15) is 23.3 Å². The third-order valence-corrected chi connectivity index (χ3v) is 5.09. The molecule has 0 atom stereocenters. The Morgan fingerprint density at radius 1 is 1.18 bits per heavy atom. The molecule has 0 radical (unpaired) electrons. The average Bonchev–Trinajstić information content (AvgIpc) is 3.54. The van der Waals surface area contributed by atoms with Crippen LogP contribution in [0, 0.1) is 17.1 Å². The number of carbonyl (C=O) groups excluding carboxylic acids is 1. The van der Waals surface area contributed by atoms with Crippen molar-refractivity contribution in [3.8, 4) is 17.6 Å². The number of rotatable bonds is 4. The van der Waals surface area contributed by atoms with E-state index in [1.165, 1.54) is 37.1 Å². The van der Waals surface area contributed by atoms with Crippen molar-refractivity contribution in [3.05, 3.63) is 53.6 Å². The summed E-state index contributed by atoms with van der Waals surface area (Å²) < 4.78 is 18.9. The molecule has 2 aromatic rings. The maximum atomic E-state index is 13.3. The van der Waals surface area contributed by atoms with Crippen LogP contribution in [0.15, 0.2) is 36.4 Å². The van der Waals surface area contributed by atoms with Crippen molar-refractivity contribution in [1.82, 2.24) is 14.8 Å². The normalized spacial score (nSPS) is 17.6. The highest BCUT2D eigenvalue weighted by atomic mass is 19.1. The third-order valence-electron chi connectivity index (χ3n) is 5.09. The van der Waals surface area contributed by atoms with E-state index in [1.54, 1.807) is 17.0 Å². The highest BCUT2D eigenvalue weighted by Crippen LogP contribution is 2.28.